The van der Waals surface area contributed by atoms with Gasteiger partial charge in [-0.2, -0.15) is 0 Å². The van der Waals surface area contributed by atoms with Crippen LogP contribution in [0.1, 0.15) is 37.3 Å². The van der Waals surface area contributed by atoms with Crippen LogP contribution in [0, 0.1) is 5.92 Å². The fourth-order valence-corrected chi connectivity index (χ4v) is 5.26. The van der Waals surface area contributed by atoms with Crippen LogP contribution in [-0.2, 0) is 14.3 Å². The number of amides is 1. The summed E-state index contributed by atoms with van der Waals surface area (Å²) in [4.78, 5) is 32.8. The van der Waals surface area contributed by atoms with E-state index in [0.717, 1.165) is 31.2 Å². The first-order valence-electron chi connectivity index (χ1n) is 10.2. The summed E-state index contributed by atoms with van der Waals surface area (Å²) < 4.78 is 11.7. The molecule has 1 saturated carbocycles. The first kappa shape index (κ1) is 19.1. The SMILES string of the molecule is C=CCOc1ccc(C2C3=C(OC4CCCCC4C3=O)C(=O)N2c2nccs2)cc1. The molecule has 5 rings (SSSR count). The van der Waals surface area contributed by atoms with Gasteiger partial charge in [-0.1, -0.05) is 31.2 Å². The summed E-state index contributed by atoms with van der Waals surface area (Å²) in [6.07, 6.45) is 6.82. The third-order valence-electron chi connectivity index (χ3n) is 5.95. The van der Waals surface area contributed by atoms with Crippen molar-refractivity contribution >= 4 is 28.2 Å². The van der Waals surface area contributed by atoms with Gasteiger partial charge in [0.15, 0.2) is 16.7 Å². The number of thiazole rings is 1. The Labute approximate surface area is 178 Å². The van der Waals surface area contributed by atoms with E-state index in [1.54, 1.807) is 17.2 Å². The first-order valence-corrected chi connectivity index (χ1v) is 11.1. The van der Waals surface area contributed by atoms with Gasteiger partial charge in [-0.3, -0.25) is 14.5 Å². The average Bonchev–Trinajstić information content (AvgIpc) is 3.40. The smallest absolute Gasteiger partial charge is 0.296 e. The van der Waals surface area contributed by atoms with Crippen molar-refractivity contribution in [3.8, 4) is 5.75 Å². The van der Waals surface area contributed by atoms with Crippen LogP contribution in [0.3, 0.4) is 0 Å². The van der Waals surface area contributed by atoms with Crippen molar-refractivity contribution in [1.82, 2.24) is 4.98 Å². The molecule has 154 valence electrons. The van der Waals surface area contributed by atoms with E-state index in [4.69, 9.17) is 9.47 Å². The molecule has 1 aliphatic carbocycles. The number of nitrogens with zero attached hydrogens (tertiary/aromatic N) is 2. The average molecular weight is 423 g/mol. The molecular formula is C23H22N2O4S. The fourth-order valence-electron chi connectivity index (χ4n) is 4.59. The van der Waals surface area contributed by atoms with E-state index in [1.807, 2.05) is 29.6 Å². The number of anilines is 1. The maximum absolute atomic E-state index is 13.5. The molecule has 0 radical (unpaired) electrons. The van der Waals surface area contributed by atoms with Crippen LogP contribution in [0.5, 0.6) is 5.75 Å². The van der Waals surface area contributed by atoms with E-state index in [-0.39, 0.29) is 29.5 Å². The van der Waals surface area contributed by atoms with Crippen molar-refractivity contribution in [2.24, 2.45) is 5.92 Å². The van der Waals surface area contributed by atoms with Gasteiger partial charge in [0.05, 0.1) is 17.5 Å². The number of ketones is 1. The lowest BCUT2D eigenvalue weighted by Gasteiger charge is -2.35. The molecule has 0 N–H and O–H groups in total. The third kappa shape index (κ3) is 3.04. The molecule has 30 heavy (non-hydrogen) atoms. The molecule has 1 amide bonds. The Morgan fingerprint density at radius 3 is 2.77 bits per heavy atom. The van der Waals surface area contributed by atoms with Crippen molar-refractivity contribution in [2.45, 2.75) is 37.8 Å². The zero-order valence-corrected chi connectivity index (χ0v) is 17.3. The molecule has 3 heterocycles. The van der Waals surface area contributed by atoms with Gasteiger partial charge in [-0.05, 0) is 37.0 Å². The van der Waals surface area contributed by atoms with E-state index >= 15 is 0 Å². The van der Waals surface area contributed by atoms with Crippen molar-refractivity contribution in [3.63, 3.8) is 0 Å². The number of hydrogen-bond acceptors (Lipinski definition) is 6. The molecule has 0 bridgehead atoms. The Bertz CT molecular complexity index is 1010. The lowest BCUT2D eigenvalue weighted by Crippen LogP contribution is -2.39. The number of fused-ring (bicyclic) bond motifs is 1. The number of aromatic nitrogens is 1. The van der Waals surface area contributed by atoms with Crippen molar-refractivity contribution in [1.29, 1.82) is 0 Å². The second-order valence-corrected chi connectivity index (χ2v) is 8.59. The molecular weight excluding hydrogens is 400 g/mol. The van der Waals surface area contributed by atoms with E-state index in [2.05, 4.69) is 11.6 Å². The summed E-state index contributed by atoms with van der Waals surface area (Å²) >= 11 is 1.37. The van der Waals surface area contributed by atoms with Crippen LogP contribution in [0.2, 0.25) is 0 Å². The fraction of sp³-hybridized carbons (Fsp3) is 0.348. The number of hydrogen-bond donors (Lipinski definition) is 0. The minimum absolute atomic E-state index is 0.0466. The largest absolute Gasteiger partial charge is 0.490 e. The summed E-state index contributed by atoms with van der Waals surface area (Å²) in [6.45, 7) is 4.07. The number of Topliss-reactive ketones (excluding diaryl/α,β-unsaturated/α-hetero) is 1. The van der Waals surface area contributed by atoms with E-state index < -0.39 is 6.04 Å². The highest BCUT2D eigenvalue weighted by Gasteiger charge is 2.52. The predicted octanol–water partition coefficient (Wildman–Crippen LogP) is 4.21. The van der Waals surface area contributed by atoms with Crippen molar-refractivity contribution in [2.75, 3.05) is 11.5 Å². The normalized spacial score (nSPS) is 25.6. The number of carbonyl (C=O) groups is 2. The minimum Gasteiger partial charge on any atom is -0.490 e. The summed E-state index contributed by atoms with van der Waals surface area (Å²) in [7, 11) is 0. The standard InChI is InChI=1S/C23H22N2O4S/c1-2-12-28-15-9-7-14(8-10-15)19-18-20(26)16-5-3-4-6-17(16)29-21(18)22(27)25(19)23-24-11-13-30-23/h2,7-11,13,16-17,19H,1,3-6,12H2. The molecule has 1 aromatic heterocycles. The molecule has 0 spiro atoms. The van der Waals surface area contributed by atoms with Gasteiger partial charge in [0.1, 0.15) is 18.5 Å². The van der Waals surface area contributed by atoms with Gasteiger partial charge in [-0.15, -0.1) is 11.3 Å². The van der Waals surface area contributed by atoms with Crippen LogP contribution < -0.4 is 9.64 Å². The highest BCUT2D eigenvalue weighted by Crippen LogP contribution is 2.48. The summed E-state index contributed by atoms with van der Waals surface area (Å²) in [6, 6.07) is 6.95. The zero-order valence-electron chi connectivity index (χ0n) is 16.5. The van der Waals surface area contributed by atoms with Crippen molar-refractivity contribution < 1.29 is 19.1 Å². The Balaban J connectivity index is 1.57. The lowest BCUT2D eigenvalue weighted by molar-refractivity contribution is -0.131. The van der Waals surface area contributed by atoms with Gasteiger partial charge in [0, 0.05) is 11.6 Å². The Hall–Kier alpha value is -2.93. The molecule has 2 aromatic rings. The van der Waals surface area contributed by atoms with Crippen molar-refractivity contribution in [3.05, 3.63) is 65.4 Å². The molecule has 1 aromatic carbocycles. The summed E-state index contributed by atoms with van der Waals surface area (Å²) in [5, 5.41) is 2.39. The highest BCUT2D eigenvalue weighted by molar-refractivity contribution is 7.13. The van der Waals surface area contributed by atoms with E-state index in [9.17, 15) is 9.59 Å². The van der Waals surface area contributed by atoms with Crippen LogP contribution in [0.25, 0.3) is 0 Å². The number of benzene rings is 1. The third-order valence-corrected chi connectivity index (χ3v) is 6.72. The van der Waals surface area contributed by atoms with Gasteiger partial charge < -0.3 is 9.47 Å². The monoisotopic (exact) mass is 422 g/mol. The quantitative estimate of drug-likeness (QED) is 0.675. The first-order chi connectivity index (χ1) is 14.7. The van der Waals surface area contributed by atoms with Gasteiger partial charge in [0.25, 0.3) is 5.91 Å². The van der Waals surface area contributed by atoms with Gasteiger partial charge in [0.2, 0.25) is 0 Å². The van der Waals surface area contributed by atoms with Crippen LogP contribution in [-0.4, -0.2) is 29.4 Å². The van der Waals surface area contributed by atoms with Crippen LogP contribution in [0.4, 0.5) is 5.13 Å². The molecule has 3 unspecified atom stereocenters. The number of ether oxygens (including phenoxy) is 2. The lowest BCUT2D eigenvalue weighted by atomic mass is 9.77. The molecule has 3 atom stereocenters. The number of rotatable bonds is 5. The number of carbonyl (C=O) groups excluding carboxylic acids is 2. The zero-order chi connectivity index (χ0) is 20.7. The Kier molecular flexibility index (Phi) is 4.90. The second-order valence-electron chi connectivity index (χ2n) is 7.72. The molecule has 7 heteroatoms. The Morgan fingerprint density at radius 2 is 2.03 bits per heavy atom. The molecule has 6 nitrogen and oxygen atoms in total. The topological polar surface area (TPSA) is 68.7 Å². The molecule has 3 aliphatic rings. The molecule has 1 fully saturated rings. The van der Waals surface area contributed by atoms with Crippen LogP contribution in [0.15, 0.2) is 59.8 Å². The second kappa shape index (κ2) is 7.72. The van der Waals surface area contributed by atoms with Gasteiger partial charge in [-0.25, -0.2) is 4.98 Å². The highest BCUT2D eigenvalue weighted by atomic mass is 32.1. The Morgan fingerprint density at radius 1 is 1.23 bits per heavy atom. The summed E-state index contributed by atoms with van der Waals surface area (Å²) in [5.74, 6) is 0.505. The molecule has 0 saturated heterocycles. The predicted molar refractivity (Wildman–Crippen MR) is 113 cm³/mol. The maximum Gasteiger partial charge on any atom is 0.296 e. The molecule has 2 aliphatic heterocycles. The minimum atomic E-state index is -0.539. The van der Waals surface area contributed by atoms with E-state index in [1.165, 1.54) is 11.3 Å². The summed E-state index contributed by atoms with van der Waals surface area (Å²) in [5.41, 5.74) is 1.30. The van der Waals surface area contributed by atoms with E-state index in [0.29, 0.717) is 23.1 Å². The van der Waals surface area contributed by atoms with Crippen LogP contribution >= 0.6 is 11.3 Å². The van der Waals surface area contributed by atoms with Gasteiger partial charge >= 0.3 is 0 Å². The maximum atomic E-state index is 13.5.